The van der Waals surface area contributed by atoms with Crippen molar-refractivity contribution in [2.24, 2.45) is 0 Å². The van der Waals surface area contributed by atoms with Crippen LogP contribution in [0, 0.1) is 6.92 Å². The Balaban J connectivity index is 1.40. The Morgan fingerprint density at radius 1 is 1.27 bits per heavy atom. The Kier molecular flexibility index (Phi) is 4.57. The van der Waals surface area contributed by atoms with Crippen molar-refractivity contribution in [1.82, 2.24) is 14.9 Å². The minimum atomic E-state index is 0.235. The van der Waals surface area contributed by atoms with Crippen LogP contribution in [0.2, 0.25) is 0 Å². The van der Waals surface area contributed by atoms with Gasteiger partial charge >= 0.3 is 0 Å². The highest BCUT2D eigenvalue weighted by molar-refractivity contribution is 5.90. The van der Waals surface area contributed by atoms with Gasteiger partial charge in [-0.2, -0.15) is 0 Å². The first-order chi connectivity index (χ1) is 12.7. The Morgan fingerprint density at radius 3 is 3.00 bits per heavy atom. The lowest BCUT2D eigenvalue weighted by Crippen LogP contribution is -2.34. The maximum absolute atomic E-state index is 12.5. The summed E-state index contributed by atoms with van der Waals surface area (Å²) >= 11 is 0. The molecule has 0 radical (unpaired) electrons. The van der Waals surface area contributed by atoms with Gasteiger partial charge in [-0.05, 0) is 43.0 Å². The van der Waals surface area contributed by atoms with E-state index in [1.165, 1.54) is 16.7 Å². The summed E-state index contributed by atoms with van der Waals surface area (Å²) in [7, 11) is 0. The predicted molar refractivity (Wildman–Crippen MR) is 105 cm³/mol. The fourth-order valence-corrected chi connectivity index (χ4v) is 3.62. The third kappa shape index (κ3) is 3.40. The van der Waals surface area contributed by atoms with E-state index in [1.807, 2.05) is 29.4 Å². The van der Waals surface area contributed by atoms with Gasteiger partial charge in [0.15, 0.2) is 0 Å². The summed E-state index contributed by atoms with van der Waals surface area (Å²) in [5, 5.41) is 0. The zero-order valence-corrected chi connectivity index (χ0v) is 15.0. The second-order valence-electron chi connectivity index (χ2n) is 6.91. The maximum Gasteiger partial charge on any atom is 0.223 e. The molecule has 1 amide bonds. The molecule has 1 aliphatic heterocycles. The van der Waals surface area contributed by atoms with E-state index in [0.29, 0.717) is 13.0 Å². The van der Waals surface area contributed by atoms with Crippen molar-refractivity contribution in [2.45, 2.75) is 26.2 Å². The lowest BCUT2D eigenvalue weighted by molar-refractivity contribution is -0.130. The second kappa shape index (κ2) is 7.16. The molecular weight excluding hydrogens is 322 g/mol. The van der Waals surface area contributed by atoms with Crippen LogP contribution in [0.5, 0.6) is 0 Å². The first-order valence-electron chi connectivity index (χ1n) is 9.15. The van der Waals surface area contributed by atoms with E-state index in [-0.39, 0.29) is 5.91 Å². The minimum absolute atomic E-state index is 0.235. The first-order valence-corrected chi connectivity index (χ1v) is 9.15. The highest BCUT2D eigenvalue weighted by atomic mass is 16.2. The molecule has 0 unspecified atom stereocenters. The fraction of sp³-hybridized carbons (Fsp3) is 0.273. The van der Waals surface area contributed by atoms with Crippen molar-refractivity contribution >= 4 is 22.5 Å². The van der Waals surface area contributed by atoms with E-state index in [9.17, 15) is 4.79 Å². The molecule has 0 fully saturated rings. The van der Waals surface area contributed by atoms with Crippen LogP contribution in [0.3, 0.4) is 0 Å². The minimum Gasteiger partial charge on any atom is -0.359 e. The zero-order valence-electron chi connectivity index (χ0n) is 15.0. The molecule has 0 aliphatic carbocycles. The molecule has 0 saturated carbocycles. The molecule has 3 aromatic rings. The summed E-state index contributed by atoms with van der Waals surface area (Å²) in [5.74, 6) is 0.235. The Bertz CT molecular complexity index is 970. The average molecular weight is 345 g/mol. The summed E-state index contributed by atoms with van der Waals surface area (Å²) in [5.41, 5.74) is 6.98. The van der Waals surface area contributed by atoms with Gasteiger partial charge in [0, 0.05) is 37.5 Å². The van der Waals surface area contributed by atoms with Crippen LogP contribution in [-0.4, -0.2) is 33.9 Å². The molecule has 4 nitrogen and oxygen atoms in total. The summed E-state index contributed by atoms with van der Waals surface area (Å²) in [6.45, 7) is 3.54. The number of carbonyl (C=O) groups is 1. The number of aryl methyl sites for hydroxylation is 2. The van der Waals surface area contributed by atoms with Gasteiger partial charge in [0.05, 0.1) is 11.0 Å². The quantitative estimate of drug-likeness (QED) is 0.773. The van der Waals surface area contributed by atoms with Gasteiger partial charge in [-0.25, -0.2) is 0 Å². The number of rotatable bonds is 4. The van der Waals surface area contributed by atoms with Crippen molar-refractivity contribution in [3.8, 4) is 0 Å². The topological polar surface area (TPSA) is 49.0 Å². The molecular formula is C22H23N3O. The monoisotopic (exact) mass is 345 g/mol. The van der Waals surface area contributed by atoms with Crippen molar-refractivity contribution < 1.29 is 4.79 Å². The number of nitrogens with one attached hydrogen (secondary N) is 1. The number of hydrogen-bond acceptors (Lipinski definition) is 2. The summed E-state index contributed by atoms with van der Waals surface area (Å²) in [4.78, 5) is 22.3. The summed E-state index contributed by atoms with van der Waals surface area (Å²) in [6, 6.07) is 12.4. The van der Waals surface area contributed by atoms with Crippen molar-refractivity contribution in [2.75, 3.05) is 13.1 Å². The largest absolute Gasteiger partial charge is 0.359 e. The van der Waals surface area contributed by atoms with Crippen LogP contribution in [0.1, 0.15) is 29.5 Å². The van der Waals surface area contributed by atoms with Gasteiger partial charge in [0.25, 0.3) is 0 Å². The molecule has 1 N–H and O–H groups in total. The highest BCUT2D eigenvalue weighted by Crippen LogP contribution is 2.28. The van der Waals surface area contributed by atoms with Crippen LogP contribution >= 0.6 is 0 Å². The number of amides is 1. The molecule has 0 spiro atoms. The van der Waals surface area contributed by atoms with E-state index in [2.05, 4.69) is 47.2 Å². The van der Waals surface area contributed by atoms with E-state index in [1.54, 1.807) is 0 Å². The number of carbonyl (C=O) groups excluding carboxylic acids is 1. The van der Waals surface area contributed by atoms with E-state index in [4.69, 9.17) is 0 Å². The average Bonchev–Trinajstić information content (AvgIpc) is 3.10. The van der Waals surface area contributed by atoms with Crippen LogP contribution in [0.4, 0.5) is 0 Å². The third-order valence-electron chi connectivity index (χ3n) is 5.05. The van der Waals surface area contributed by atoms with Crippen molar-refractivity contribution in [1.29, 1.82) is 0 Å². The summed E-state index contributed by atoms with van der Waals surface area (Å²) < 4.78 is 0. The van der Waals surface area contributed by atoms with Crippen LogP contribution < -0.4 is 0 Å². The lowest BCUT2D eigenvalue weighted by Gasteiger charge is -2.26. The number of nitrogens with zero attached hydrogens (tertiary/aromatic N) is 2. The van der Waals surface area contributed by atoms with Gasteiger partial charge in [-0.3, -0.25) is 9.78 Å². The zero-order chi connectivity index (χ0) is 17.9. The number of benzene rings is 1. The normalized spacial score (nSPS) is 14.5. The van der Waals surface area contributed by atoms with Crippen LogP contribution in [0.25, 0.3) is 16.6 Å². The predicted octanol–water partition coefficient (Wildman–Crippen LogP) is 4.12. The number of hydrogen-bond donors (Lipinski definition) is 1. The second-order valence-corrected chi connectivity index (χ2v) is 6.91. The maximum atomic E-state index is 12.5. The van der Waals surface area contributed by atoms with Crippen LogP contribution in [-0.2, 0) is 11.2 Å². The molecule has 3 heterocycles. The van der Waals surface area contributed by atoms with E-state index < -0.39 is 0 Å². The van der Waals surface area contributed by atoms with Gasteiger partial charge in [-0.15, -0.1) is 0 Å². The number of pyridine rings is 1. The van der Waals surface area contributed by atoms with E-state index >= 15 is 0 Å². The molecule has 4 heteroatoms. The summed E-state index contributed by atoms with van der Waals surface area (Å²) in [6.07, 6.45) is 8.27. The molecule has 1 aliphatic rings. The number of aromatic nitrogens is 2. The molecule has 26 heavy (non-hydrogen) atoms. The molecule has 0 saturated heterocycles. The number of aromatic amines is 1. The van der Waals surface area contributed by atoms with E-state index in [0.717, 1.165) is 36.0 Å². The molecule has 1 aromatic carbocycles. The van der Waals surface area contributed by atoms with Gasteiger partial charge in [-0.1, -0.05) is 35.9 Å². The van der Waals surface area contributed by atoms with Gasteiger partial charge < -0.3 is 9.88 Å². The van der Waals surface area contributed by atoms with Crippen molar-refractivity contribution in [3.05, 3.63) is 71.6 Å². The first kappa shape index (κ1) is 16.6. The highest BCUT2D eigenvalue weighted by Gasteiger charge is 2.19. The van der Waals surface area contributed by atoms with Gasteiger partial charge in [0.1, 0.15) is 0 Å². The lowest BCUT2D eigenvalue weighted by atomic mass is 10.0. The number of fused-ring (bicyclic) bond motifs is 1. The third-order valence-corrected chi connectivity index (χ3v) is 5.05. The smallest absolute Gasteiger partial charge is 0.223 e. The number of H-pyrrole nitrogens is 1. The molecule has 2 aromatic heterocycles. The van der Waals surface area contributed by atoms with Crippen LogP contribution in [0.15, 0.2) is 54.9 Å². The molecule has 0 bridgehead atoms. The standard InChI is InChI=1S/C22H23N3O/c1-16-4-2-5-17(14-16)7-8-21(26)25-12-9-18(10-13-25)19-15-24-20-6-3-11-23-22(19)20/h2-6,9,11,14-15,24H,7-8,10,12-13H2,1H3. The SMILES string of the molecule is Cc1cccc(CCC(=O)N2CC=C(c3c[nH]c4cccnc34)CC2)c1. The Morgan fingerprint density at radius 2 is 2.19 bits per heavy atom. The fourth-order valence-electron chi connectivity index (χ4n) is 3.62. The van der Waals surface area contributed by atoms with Gasteiger partial charge in [0.2, 0.25) is 5.91 Å². The Hall–Kier alpha value is -2.88. The van der Waals surface area contributed by atoms with Crippen molar-refractivity contribution in [3.63, 3.8) is 0 Å². The molecule has 4 rings (SSSR count). The molecule has 132 valence electrons. The molecule has 0 atom stereocenters. The Labute approximate surface area is 153 Å².